The first-order valence-corrected chi connectivity index (χ1v) is 7.39. The summed E-state index contributed by atoms with van der Waals surface area (Å²) in [5.74, 6) is 1.20. The van der Waals surface area contributed by atoms with Crippen LogP contribution in [0, 0.1) is 0 Å². The summed E-state index contributed by atoms with van der Waals surface area (Å²) in [5.41, 5.74) is 1.97. The first kappa shape index (κ1) is 14.9. The molecule has 0 spiro atoms. The van der Waals surface area contributed by atoms with Gasteiger partial charge in [0.05, 0.1) is 25.9 Å². The number of nitrogens with zero attached hydrogens (tertiary/aromatic N) is 2. The minimum atomic E-state index is -0.239. The maximum atomic E-state index is 9.41. The third-order valence-corrected chi connectivity index (χ3v) is 3.83. The Labute approximate surface area is 134 Å². The summed E-state index contributed by atoms with van der Waals surface area (Å²) in [7, 11) is 1.54. The molecule has 5 nitrogen and oxygen atoms in total. The molecule has 1 aliphatic rings. The van der Waals surface area contributed by atoms with Gasteiger partial charge in [0, 0.05) is 12.7 Å². The third-order valence-electron chi connectivity index (χ3n) is 3.56. The summed E-state index contributed by atoms with van der Waals surface area (Å²) in [6, 6.07) is 9.64. The van der Waals surface area contributed by atoms with Gasteiger partial charge in [-0.15, -0.1) is 0 Å². The molecule has 6 heteroatoms. The number of benzene rings is 1. The van der Waals surface area contributed by atoms with Gasteiger partial charge >= 0.3 is 0 Å². The number of halogens is 1. The van der Waals surface area contributed by atoms with E-state index in [0.717, 1.165) is 17.0 Å². The number of para-hydroxylation sites is 2. The monoisotopic (exact) mass is 320 g/mol. The Hall–Kier alpha value is -1.98. The van der Waals surface area contributed by atoms with E-state index in [2.05, 4.69) is 9.88 Å². The number of aliphatic hydroxyl groups is 1. The maximum Gasteiger partial charge on any atom is 0.232 e. The molecule has 1 aromatic carbocycles. The van der Waals surface area contributed by atoms with E-state index in [0.29, 0.717) is 24.0 Å². The molecule has 116 valence electrons. The molecule has 2 heterocycles. The Morgan fingerprint density at radius 2 is 2.27 bits per heavy atom. The number of anilines is 1. The van der Waals surface area contributed by atoms with Crippen molar-refractivity contribution in [3.8, 4) is 11.6 Å². The maximum absolute atomic E-state index is 9.41. The van der Waals surface area contributed by atoms with Crippen LogP contribution >= 0.6 is 11.6 Å². The highest BCUT2D eigenvalue weighted by Gasteiger charge is 2.25. The van der Waals surface area contributed by atoms with E-state index in [4.69, 9.17) is 21.1 Å². The molecule has 0 bridgehead atoms. The van der Waals surface area contributed by atoms with Gasteiger partial charge in [-0.3, -0.25) is 0 Å². The average Bonchev–Trinajstić information content (AvgIpc) is 2.55. The van der Waals surface area contributed by atoms with Crippen molar-refractivity contribution in [3.63, 3.8) is 0 Å². The van der Waals surface area contributed by atoms with Crippen LogP contribution in [-0.2, 0) is 6.54 Å². The van der Waals surface area contributed by atoms with Crippen LogP contribution in [0.1, 0.15) is 5.56 Å². The summed E-state index contributed by atoms with van der Waals surface area (Å²) in [6.07, 6.45) is 1.51. The Balaban J connectivity index is 1.86. The van der Waals surface area contributed by atoms with Crippen LogP contribution in [-0.4, -0.2) is 36.5 Å². The van der Waals surface area contributed by atoms with Crippen LogP contribution in [0.3, 0.4) is 0 Å². The molecule has 22 heavy (non-hydrogen) atoms. The van der Waals surface area contributed by atoms with Crippen molar-refractivity contribution >= 4 is 17.3 Å². The highest BCUT2D eigenvalue weighted by atomic mass is 35.5. The molecule has 1 aromatic heterocycles. The van der Waals surface area contributed by atoms with E-state index < -0.39 is 0 Å². The highest BCUT2D eigenvalue weighted by molar-refractivity contribution is 6.31. The Kier molecular flexibility index (Phi) is 4.36. The van der Waals surface area contributed by atoms with Gasteiger partial charge in [0.1, 0.15) is 16.9 Å². The zero-order valence-electron chi connectivity index (χ0n) is 12.2. The second-order valence-corrected chi connectivity index (χ2v) is 5.51. The fraction of sp³-hybridized carbons (Fsp3) is 0.312. The van der Waals surface area contributed by atoms with Crippen molar-refractivity contribution in [1.82, 2.24) is 4.98 Å². The standard InChI is InChI=1S/C16H17ClN2O3/c1-21-16-13(17)6-11(7-18-16)8-19-9-12(10-20)22-15-5-3-2-4-14(15)19/h2-7,12,20H,8-10H2,1H3. The quantitative estimate of drug-likeness (QED) is 0.938. The minimum absolute atomic E-state index is 0.0214. The van der Waals surface area contributed by atoms with Gasteiger partial charge in [0.15, 0.2) is 0 Å². The van der Waals surface area contributed by atoms with E-state index >= 15 is 0 Å². The van der Waals surface area contributed by atoms with Crippen LogP contribution < -0.4 is 14.4 Å². The summed E-state index contributed by atoms with van der Waals surface area (Å²) < 4.78 is 10.8. The largest absolute Gasteiger partial charge is 0.484 e. The lowest BCUT2D eigenvalue weighted by Gasteiger charge is -2.35. The lowest BCUT2D eigenvalue weighted by molar-refractivity contribution is 0.112. The summed E-state index contributed by atoms with van der Waals surface area (Å²) in [5, 5.41) is 9.90. The van der Waals surface area contributed by atoms with Crippen molar-refractivity contribution in [1.29, 1.82) is 0 Å². The van der Waals surface area contributed by atoms with Gasteiger partial charge in [0.25, 0.3) is 0 Å². The van der Waals surface area contributed by atoms with Crippen LogP contribution in [0.4, 0.5) is 5.69 Å². The van der Waals surface area contributed by atoms with Crippen molar-refractivity contribution < 1.29 is 14.6 Å². The van der Waals surface area contributed by atoms with E-state index in [1.54, 1.807) is 6.20 Å². The van der Waals surface area contributed by atoms with Gasteiger partial charge in [-0.05, 0) is 23.8 Å². The average molecular weight is 321 g/mol. The number of pyridine rings is 1. The third kappa shape index (κ3) is 2.96. The predicted molar refractivity (Wildman–Crippen MR) is 84.8 cm³/mol. The molecule has 0 saturated heterocycles. The van der Waals surface area contributed by atoms with E-state index in [1.165, 1.54) is 7.11 Å². The second kappa shape index (κ2) is 6.42. The van der Waals surface area contributed by atoms with E-state index in [-0.39, 0.29) is 12.7 Å². The molecule has 0 amide bonds. The van der Waals surface area contributed by atoms with Crippen LogP contribution in [0.5, 0.6) is 11.6 Å². The fourth-order valence-electron chi connectivity index (χ4n) is 2.55. The molecule has 1 N–H and O–H groups in total. The lowest BCUT2D eigenvalue weighted by atomic mass is 10.1. The number of aromatic nitrogens is 1. The zero-order chi connectivity index (χ0) is 15.5. The van der Waals surface area contributed by atoms with Crippen molar-refractivity contribution in [2.24, 2.45) is 0 Å². The Morgan fingerprint density at radius 1 is 1.45 bits per heavy atom. The molecule has 1 aliphatic heterocycles. The van der Waals surface area contributed by atoms with E-state index in [1.807, 2.05) is 30.3 Å². The normalized spacial score (nSPS) is 16.9. The first-order chi connectivity index (χ1) is 10.7. The molecule has 0 fully saturated rings. The van der Waals surface area contributed by atoms with Gasteiger partial charge < -0.3 is 19.5 Å². The molecular formula is C16H17ClN2O3. The van der Waals surface area contributed by atoms with Crippen LogP contribution in [0.2, 0.25) is 5.02 Å². The van der Waals surface area contributed by atoms with Crippen LogP contribution in [0.25, 0.3) is 0 Å². The van der Waals surface area contributed by atoms with Crippen molar-refractivity contribution in [3.05, 3.63) is 47.1 Å². The number of ether oxygens (including phenoxy) is 2. The number of methoxy groups -OCH3 is 1. The van der Waals surface area contributed by atoms with Gasteiger partial charge in [-0.2, -0.15) is 0 Å². The van der Waals surface area contributed by atoms with Gasteiger partial charge in [0.2, 0.25) is 5.88 Å². The Bertz CT molecular complexity index is 666. The second-order valence-electron chi connectivity index (χ2n) is 5.11. The summed E-state index contributed by atoms with van der Waals surface area (Å²) >= 11 is 6.13. The fourth-order valence-corrected chi connectivity index (χ4v) is 2.81. The van der Waals surface area contributed by atoms with Gasteiger partial charge in [-0.1, -0.05) is 23.7 Å². The predicted octanol–water partition coefficient (Wildman–Crippen LogP) is 2.50. The molecule has 3 rings (SSSR count). The molecule has 0 saturated carbocycles. The number of rotatable bonds is 4. The minimum Gasteiger partial charge on any atom is -0.484 e. The topological polar surface area (TPSA) is 54.8 Å². The molecule has 2 aromatic rings. The van der Waals surface area contributed by atoms with Crippen LogP contribution in [0.15, 0.2) is 36.5 Å². The summed E-state index contributed by atoms with van der Waals surface area (Å²) in [6.45, 7) is 1.22. The molecular weight excluding hydrogens is 304 g/mol. The molecule has 0 aliphatic carbocycles. The van der Waals surface area contributed by atoms with Gasteiger partial charge in [-0.25, -0.2) is 4.98 Å². The molecule has 1 unspecified atom stereocenters. The summed E-state index contributed by atoms with van der Waals surface area (Å²) in [4.78, 5) is 6.35. The van der Waals surface area contributed by atoms with Crippen molar-refractivity contribution in [2.75, 3.05) is 25.2 Å². The zero-order valence-corrected chi connectivity index (χ0v) is 13.0. The number of aliphatic hydroxyl groups excluding tert-OH is 1. The number of hydrogen-bond donors (Lipinski definition) is 1. The SMILES string of the molecule is COc1ncc(CN2CC(CO)Oc3ccccc32)cc1Cl. The van der Waals surface area contributed by atoms with E-state index in [9.17, 15) is 5.11 Å². The molecule has 0 radical (unpaired) electrons. The number of hydrogen-bond acceptors (Lipinski definition) is 5. The molecule has 1 atom stereocenters. The first-order valence-electron chi connectivity index (χ1n) is 7.01. The number of fused-ring (bicyclic) bond motifs is 1. The Morgan fingerprint density at radius 3 is 3.00 bits per heavy atom. The van der Waals surface area contributed by atoms with Crippen molar-refractivity contribution in [2.45, 2.75) is 12.6 Å². The lowest BCUT2D eigenvalue weighted by Crippen LogP contribution is -2.41. The smallest absolute Gasteiger partial charge is 0.232 e. The highest BCUT2D eigenvalue weighted by Crippen LogP contribution is 2.34.